The molecule has 3 rings (SSSR count). The minimum Gasteiger partial charge on any atom is -0.373 e. The molecule has 0 spiro atoms. The summed E-state index contributed by atoms with van der Waals surface area (Å²) in [6.45, 7) is 3.82. The van der Waals surface area contributed by atoms with Crippen LogP contribution in [-0.4, -0.2) is 45.1 Å². The molecule has 0 N–H and O–H groups in total. The van der Waals surface area contributed by atoms with Gasteiger partial charge < -0.3 is 14.7 Å². The first-order valence-corrected chi connectivity index (χ1v) is 8.23. The minimum absolute atomic E-state index is 0.0232. The molecule has 5 nitrogen and oxygen atoms in total. The van der Waals surface area contributed by atoms with Gasteiger partial charge in [0.05, 0.1) is 11.4 Å². The predicted octanol–water partition coefficient (Wildman–Crippen LogP) is 2.88. The van der Waals surface area contributed by atoms with Crippen LogP contribution in [0.1, 0.15) is 17.3 Å². The van der Waals surface area contributed by atoms with E-state index in [-0.39, 0.29) is 5.91 Å². The minimum atomic E-state index is 0.0232. The Morgan fingerprint density at radius 2 is 1.88 bits per heavy atom. The number of benzene rings is 1. The molecular weight excluding hydrogens is 300 g/mol. The molecule has 1 atom stereocenters. The number of fused-ring (bicyclic) bond motifs is 1. The average molecular weight is 324 g/mol. The van der Waals surface area contributed by atoms with Gasteiger partial charge in [0.2, 0.25) is 0 Å². The Morgan fingerprint density at radius 1 is 1.17 bits per heavy atom. The molecule has 0 aliphatic carbocycles. The second-order valence-electron chi connectivity index (χ2n) is 6.69. The molecule has 1 aromatic heterocycles. The molecule has 5 heteroatoms. The van der Waals surface area contributed by atoms with Crippen LogP contribution in [0.15, 0.2) is 42.6 Å². The number of amides is 1. The van der Waals surface area contributed by atoms with E-state index in [9.17, 15) is 4.79 Å². The Morgan fingerprint density at radius 3 is 2.58 bits per heavy atom. The van der Waals surface area contributed by atoms with E-state index in [1.54, 1.807) is 12.3 Å². The van der Waals surface area contributed by atoms with E-state index >= 15 is 0 Å². The molecule has 0 bridgehead atoms. The van der Waals surface area contributed by atoms with Gasteiger partial charge in [-0.2, -0.15) is 0 Å². The van der Waals surface area contributed by atoms with Crippen LogP contribution < -0.4 is 14.7 Å². The van der Waals surface area contributed by atoms with Crippen molar-refractivity contribution >= 4 is 23.1 Å². The number of pyridine rings is 1. The summed E-state index contributed by atoms with van der Waals surface area (Å²) in [4.78, 5) is 23.5. The van der Waals surface area contributed by atoms with Gasteiger partial charge in [0.1, 0.15) is 5.82 Å². The summed E-state index contributed by atoms with van der Waals surface area (Å²) in [7, 11) is 5.93. The van der Waals surface area contributed by atoms with Crippen molar-refractivity contribution in [3.05, 3.63) is 48.2 Å². The van der Waals surface area contributed by atoms with E-state index in [0.717, 1.165) is 23.7 Å². The Kier molecular flexibility index (Phi) is 4.42. The van der Waals surface area contributed by atoms with Gasteiger partial charge >= 0.3 is 0 Å². The third-order valence-electron chi connectivity index (χ3n) is 4.36. The predicted molar refractivity (Wildman–Crippen MR) is 99.1 cm³/mol. The van der Waals surface area contributed by atoms with E-state index in [4.69, 9.17) is 0 Å². The third-order valence-corrected chi connectivity index (χ3v) is 4.36. The lowest BCUT2D eigenvalue weighted by Gasteiger charge is -2.25. The molecule has 0 fully saturated rings. The highest BCUT2D eigenvalue weighted by atomic mass is 16.2. The second kappa shape index (κ2) is 6.51. The molecule has 2 aromatic rings. The Labute approximate surface area is 143 Å². The van der Waals surface area contributed by atoms with Crippen molar-refractivity contribution in [3.63, 3.8) is 0 Å². The van der Waals surface area contributed by atoms with Crippen LogP contribution >= 0.6 is 0 Å². The van der Waals surface area contributed by atoms with Crippen LogP contribution in [0.4, 0.5) is 17.2 Å². The fourth-order valence-electron chi connectivity index (χ4n) is 3.19. The van der Waals surface area contributed by atoms with Crippen molar-refractivity contribution in [1.29, 1.82) is 0 Å². The smallest absolute Gasteiger partial charge is 0.258 e. The molecule has 24 heavy (non-hydrogen) atoms. The van der Waals surface area contributed by atoms with E-state index in [1.165, 1.54) is 0 Å². The molecule has 0 saturated heterocycles. The number of carbonyl (C=O) groups is 1. The molecular formula is C19H24N4O. The fourth-order valence-corrected chi connectivity index (χ4v) is 3.19. The molecule has 126 valence electrons. The van der Waals surface area contributed by atoms with E-state index in [1.807, 2.05) is 48.2 Å². The van der Waals surface area contributed by atoms with Crippen LogP contribution in [0.25, 0.3) is 0 Å². The highest BCUT2D eigenvalue weighted by molar-refractivity contribution is 6.08. The normalized spacial score (nSPS) is 17.2. The van der Waals surface area contributed by atoms with E-state index in [2.05, 4.69) is 29.9 Å². The van der Waals surface area contributed by atoms with Crippen LogP contribution in [-0.2, 0) is 0 Å². The maximum atomic E-state index is 13.2. The molecule has 2 heterocycles. The van der Waals surface area contributed by atoms with Gasteiger partial charge in [0, 0.05) is 46.0 Å². The topological polar surface area (TPSA) is 39.7 Å². The lowest BCUT2D eigenvalue weighted by molar-refractivity contribution is 0.0984. The number of nitrogens with zero attached hydrogens (tertiary/aromatic N) is 4. The zero-order chi connectivity index (χ0) is 17.3. The first kappa shape index (κ1) is 16.3. The van der Waals surface area contributed by atoms with Crippen molar-refractivity contribution in [2.75, 3.05) is 48.9 Å². The summed E-state index contributed by atoms with van der Waals surface area (Å²) in [5.41, 5.74) is 2.73. The van der Waals surface area contributed by atoms with Gasteiger partial charge in [-0.05, 0) is 30.2 Å². The standard InChI is InChI=1S/C19H24N4O/c1-14-12-22(4)16-7-5-6-8-17(16)23(13-14)19(24)15-9-10-20-18(11-15)21(2)3/h5-11,14H,12-13H2,1-4H3/t14-/m0/s1. The molecule has 0 radical (unpaired) electrons. The van der Waals surface area contributed by atoms with Gasteiger partial charge in [0.25, 0.3) is 5.91 Å². The highest BCUT2D eigenvalue weighted by Crippen LogP contribution is 2.33. The number of carbonyl (C=O) groups excluding carboxylic acids is 1. The number of rotatable bonds is 2. The van der Waals surface area contributed by atoms with Gasteiger partial charge in [0.15, 0.2) is 0 Å². The maximum Gasteiger partial charge on any atom is 0.258 e. The summed E-state index contributed by atoms with van der Waals surface area (Å²) < 4.78 is 0. The highest BCUT2D eigenvalue weighted by Gasteiger charge is 2.27. The van der Waals surface area contributed by atoms with Crippen LogP contribution in [0.5, 0.6) is 0 Å². The number of hydrogen-bond acceptors (Lipinski definition) is 4. The van der Waals surface area contributed by atoms with Crippen LogP contribution in [0.2, 0.25) is 0 Å². The first-order valence-electron chi connectivity index (χ1n) is 8.23. The van der Waals surface area contributed by atoms with Crippen molar-refractivity contribution < 1.29 is 4.79 Å². The summed E-state index contributed by atoms with van der Waals surface area (Å²) in [5, 5.41) is 0. The van der Waals surface area contributed by atoms with Gasteiger partial charge in [-0.25, -0.2) is 4.98 Å². The Hall–Kier alpha value is -2.56. The fraction of sp³-hybridized carbons (Fsp3) is 0.368. The first-order chi connectivity index (χ1) is 11.5. The molecule has 1 amide bonds. The average Bonchev–Trinajstić information content (AvgIpc) is 2.71. The van der Waals surface area contributed by atoms with Crippen molar-refractivity contribution in [3.8, 4) is 0 Å². The van der Waals surface area contributed by atoms with Gasteiger partial charge in [-0.1, -0.05) is 19.1 Å². The number of hydrogen-bond donors (Lipinski definition) is 0. The Bertz CT molecular complexity index is 744. The number of aromatic nitrogens is 1. The van der Waals surface area contributed by atoms with E-state index < -0.39 is 0 Å². The zero-order valence-corrected chi connectivity index (χ0v) is 14.7. The van der Waals surface area contributed by atoms with Gasteiger partial charge in [-0.3, -0.25) is 4.79 Å². The van der Waals surface area contributed by atoms with Crippen molar-refractivity contribution in [2.24, 2.45) is 5.92 Å². The largest absolute Gasteiger partial charge is 0.373 e. The third kappa shape index (κ3) is 3.07. The molecule has 1 aliphatic rings. The Balaban J connectivity index is 2.02. The maximum absolute atomic E-state index is 13.2. The summed E-state index contributed by atoms with van der Waals surface area (Å²) in [6, 6.07) is 11.7. The van der Waals surface area contributed by atoms with Crippen LogP contribution in [0, 0.1) is 5.92 Å². The summed E-state index contributed by atoms with van der Waals surface area (Å²) >= 11 is 0. The zero-order valence-electron chi connectivity index (χ0n) is 14.7. The van der Waals surface area contributed by atoms with Crippen molar-refractivity contribution in [2.45, 2.75) is 6.92 Å². The SMILES string of the molecule is C[C@H]1CN(C)c2ccccc2N(C(=O)c2ccnc(N(C)C)c2)C1. The van der Waals surface area contributed by atoms with Crippen LogP contribution in [0.3, 0.4) is 0 Å². The summed E-state index contributed by atoms with van der Waals surface area (Å²) in [6.07, 6.45) is 1.70. The van der Waals surface area contributed by atoms with Gasteiger partial charge in [-0.15, -0.1) is 0 Å². The molecule has 1 aromatic carbocycles. The quantitative estimate of drug-likeness (QED) is 0.851. The summed E-state index contributed by atoms with van der Waals surface area (Å²) in [5.74, 6) is 1.20. The molecule has 0 saturated carbocycles. The number of para-hydroxylation sites is 2. The second-order valence-corrected chi connectivity index (χ2v) is 6.69. The lowest BCUT2D eigenvalue weighted by atomic mass is 10.1. The van der Waals surface area contributed by atoms with Crippen molar-refractivity contribution in [1.82, 2.24) is 4.98 Å². The number of anilines is 3. The molecule has 0 unspecified atom stereocenters. The molecule has 1 aliphatic heterocycles. The lowest BCUT2D eigenvalue weighted by Crippen LogP contribution is -2.35. The van der Waals surface area contributed by atoms with E-state index in [0.29, 0.717) is 18.0 Å². The monoisotopic (exact) mass is 324 g/mol.